The molecule has 1 N–H and O–H groups in total. The Morgan fingerprint density at radius 2 is 2.11 bits per heavy atom. The average Bonchev–Trinajstić information content (AvgIpc) is 3.27. The number of amides is 1. The molecule has 0 unspecified atom stereocenters. The first-order chi connectivity index (χ1) is 12.9. The minimum absolute atomic E-state index is 0.253. The Kier molecular flexibility index (Phi) is 4.33. The Morgan fingerprint density at radius 3 is 2.81 bits per heavy atom. The van der Waals surface area contributed by atoms with E-state index < -0.39 is 0 Å². The molecule has 8 heteroatoms. The highest BCUT2D eigenvalue weighted by atomic mass is 35.5. The second-order valence-corrected chi connectivity index (χ2v) is 6.94. The van der Waals surface area contributed by atoms with E-state index in [0.29, 0.717) is 33.0 Å². The summed E-state index contributed by atoms with van der Waals surface area (Å²) in [5.41, 5.74) is 2.58. The van der Waals surface area contributed by atoms with E-state index in [1.165, 1.54) is 4.90 Å². The van der Waals surface area contributed by atoms with E-state index in [2.05, 4.69) is 10.4 Å². The number of furan rings is 1. The third kappa shape index (κ3) is 3.27. The molecule has 0 atom stereocenters. The Balaban J connectivity index is 1.63. The van der Waals surface area contributed by atoms with E-state index in [0.717, 1.165) is 11.3 Å². The Labute approximate surface area is 166 Å². The van der Waals surface area contributed by atoms with E-state index in [-0.39, 0.29) is 5.91 Å². The molecule has 0 bridgehead atoms. The first-order valence-corrected chi connectivity index (χ1v) is 8.94. The summed E-state index contributed by atoms with van der Waals surface area (Å²) in [5.74, 6) is 0.947. The summed E-state index contributed by atoms with van der Waals surface area (Å²) in [5, 5.41) is 8.15. The maximum Gasteiger partial charge on any atom is 0.281 e. The van der Waals surface area contributed by atoms with Crippen molar-refractivity contribution in [3.63, 3.8) is 0 Å². The number of nitrogens with zero attached hydrogens (tertiary/aromatic N) is 3. The topological polar surface area (TPSA) is 63.3 Å². The average molecular weight is 399 g/mol. The van der Waals surface area contributed by atoms with Crippen molar-refractivity contribution in [3.05, 3.63) is 64.8 Å². The van der Waals surface area contributed by atoms with Crippen LogP contribution in [0.5, 0.6) is 0 Å². The van der Waals surface area contributed by atoms with Gasteiger partial charge >= 0.3 is 0 Å². The quantitative estimate of drug-likeness (QED) is 0.535. The lowest BCUT2D eigenvalue weighted by Crippen LogP contribution is -2.30. The van der Waals surface area contributed by atoms with Crippen molar-refractivity contribution in [1.29, 1.82) is 0 Å². The Bertz CT molecular complexity index is 1100. The number of hydrogen-bond acceptors (Lipinski definition) is 4. The van der Waals surface area contributed by atoms with Crippen molar-refractivity contribution in [1.82, 2.24) is 15.1 Å². The first kappa shape index (κ1) is 17.5. The van der Waals surface area contributed by atoms with Crippen LogP contribution in [0.15, 0.2) is 52.7 Å². The number of aryl methyl sites for hydroxylation is 2. The van der Waals surface area contributed by atoms with Gasteiger partial charge in [-0.2, -0.15) is 5.10 Å². The fraction of sp³-hybridized carbons (Fsp3) is 0.105. The molecule has 1 saturated heterocycles. The van der Waals surface area contributed by atoms with Crippen molar-refractivity contribution in [2.45, 2.75) is 6.92 Å². The summed E-state index contributed by atoms with van der Waals surface area (Å²) in [6.07, 6.45) is 3.39. The van der Waals surface area contributed by atoms with Gasteiger partial charge in [0.15, 0.2) is 5.11 Å². The van der Waals surface area contributed by atoms with Gasteiger partial charge < -0.3 is 9.73 Å². The van der Waals surface area contributed by atoms with E-state index in [9.17, 15) is 4.79 Å². The van der Waals surface area contributed by atoms with Crippen LogP contribution in [-0.4, -0.2) is 20.8 Å². The van der Waals surface area contributed by atoms with Crippen LogP contribution in [0.2, 0.25) is 5.02 Å². The van der Waals surface area contributed by atoms with Gasteiger partial charge in [-0.15, -0.1) is 0 Å². The summed E-state index contributed by atoms with van der Waals surface area (Å²) < 4.78 is 7.48. The minimum atomic E-state index is -0.253. The predicted molar refractivity (Wildman–Crippen MR) is 108 cm³/mol. The molecule has 0 saturated carbocycles. The summed E-state index contributed by atoms with van der Waals surface area (Å²) in [7, 11) is 1.80. The normalized spacial score (nSPS) is 15.7. The zero-order valence-corrected chi connectivity index (χ0v) is 16.1. The van der Waals surface area contributed by atoms with Crippen LogP contribution in [0.25, 0.3) is 17.4 Å². The van der Waals surface area contributed by atoms with Crippen molar-refractivity contribution < 1.29 is 9.21 Å². The number of carbonyl (C=O) groups is 1. The predicted octanol–water partition coefficient (Wildman–Crippen LogP) is 3.90. The molecule has 27 heavy (non-hydrogen) atoms. The second kappa shape index (κ2) is 6.68. The minimum Gasteiger partial charge on any atom is -0.457 e. The molecular formula is C19H15ClN4O2S. The molecule has 1 aliphatic heterocycles. The SMILES string of the molecule is Cc1nn(C)cc1N1C(=O)/C(=C\c2ccc(-c3cccc(Cl)c3)o2)NC1=S. The van der Waals surface area contributed by atoms with Gasteiger partial charge in [-0.25, -0.2) is 4.90 Å². The highest BCUT2D eigenvalue weighted by Gasteiger charge is 2.34. The maximum absolute atomic E-state index is 12.8. The molecule has 3 aromatic rings. The number of rotatable bonds is 3. The van der Waals surface area contributed by atoms with Gasteiger partial charge in [-0.05, 0) is 43.4 Å². The Morgan fingerprint density at radius 1 is 1.30 bits per heavy atom. The van der Waals surface area contributed by atoms with E-state index in [1.807, 2.05) is 31.2 Å². The largest absolute Gasteiger partial charge is 0.457 e. The molecule has 0 spiro atoms. The van der Waals surface area contributed by atoms with Gasteiger partial charge in [0, 0.05) is 29.9 Å². The molecule has 1 aliphatic rings. The molecule has 1 amide bonds. The van der Waals surface area contributed by atoms with E-state index in [1.54, 1.807) is 36.1 Å². The van der Waals surface area contributed by atoms with Gasteiger partial charge in [0.2, 0.25) is 0 Å². The number of benzene rings is 1. The number of nitrogens with one attached hydrogen (secondary N) is 1. The van der Waals surface area contributed by atoms with Gasteiger partial charge in [0.1, 0.15) is 17.2 Å². The van der Waals surface area contributed by atoms with Crippen molar-refractivity contribution in [2.75, 3.05) is 4.90 Å². The molecule has 1 fully saturated rings. The smallest absolute Gasteiger partial charge is 0.281 e. The van der Waals surface area contributed by atoms with E-state index in [4.69, 9.17) is 28.2 Å². The molecule has 1 aromatic carbocycles. The van der Waals surface area contributed by atoms with Crippen LogP contribution in [0.4, 0.5) is 5.69 Å². The number of aromatic nitrogens is 2. The van der Waals surface area contributed by atoms with Gasteiger partial charge in [0.25, 0.3) is 5.91 Å². The third-order valence-electron chi connectivity index (χ3n) is 4.13. The van der Waals surface area contributed by atoms with Crippen LogP contribution >= 0.6 is 23.8 Å². The lowest BCUT2D eigenvalue weighted by molar-refractivity contribution is -0.113. The summed E-state index contributed by atoms with van der Waals surface area (Å²) in [6, 6.07) is 11.0. The van der Waals surface area contributed by atoms with Crippen LogP contribution in [0.1, 0.15) is 11.5 Å². The van der Waals surface area contributed by atoms with Crippen molar-refractivity contribution in [3.8, 4) is 11.3 Å². The van der Waals surface area contributed by atoms with Crippen molar-refractivity contribution >= 4 is 46.6 Å². The second-order valence-electron chi connectivity index (χ2n) is 6.11. The first-order valence-electron chi connectivity index (χ1n) is 8.15. The van der Waals surface area contributed by atoms with Crippen LogP contribution in [-0.2, 0) is 11.8 Å². The fourth-order valence-corrected chi connectivity index (χ4v) is 3.41. The lowest BCUT2D eigenvalue weighted by atomic mass is 10.2. The molecule has 4 rings (SSSR count). The monoisotopic (exact) mass is 398 g/mol. The summed E-state index contributed by atoms with van der Waals surface area (Å²) in [6.45, 7) is 1.83. The van der Waals surface area contributed by atoms with Gasteiger partial charge in [0.05, 0.1) is 11.4 Å². The van der Waals surface area contributed by atoms with Crippen molar-refractivity contribution in [2.24, 2.45) is 7.05 Å². The maximum atomic E-state index is 12.8. The zero-order valence-electron chi connectivity index (χ0n) is 14.6. The van der Waals surface area contributed by atoms with E-state index >= 15 is 0 Å². The lowest BCUT2D eigenvalue weighted by Gasteiger charge is -2.11. The number of halogens is 1. The molecule has 0 aliphatic carbocycles. The highest BCUT2D eigenvalue weighted by molar-refractivity contribution is 7.80. The highest BCUT2D eigenvalue weighted by Crippen LogP contribution is 2.28. The summed E-state index contributed by atoms with van der Waals surface area (Å²) >= 11 is 11.4. The number of hydrogen-bond donors (Lipinski definition) is 1. The summed E-state index contributed by atoms with van der Waals surface area (Å²) in [4.78, 5) is 14.2. The van der Waals surface area contributed by atoms with Gasteiger partial charge in [-0.3, -0.25) is 9.48 Å². The van der Waals surface area contributed by atoms with Crippen LogP contribution in [0.3, 0.4) is 0 Å². The molecular weight excluding hydrogens is 384 g/mol. The van der Waals surface area contributed by atoms with Crippen LogP contribution in [0, 0.1) is 6.92 Å². The molecule has 0 radical (unpaired) electrons. The molecule has 136 valence electrons. The third-order valence-corrected chi connectivity index (χ3v) is 4.65. The van der Waals surface area contributed by atoms with Crippen LogP contribution < -0.4 is 10.2 Å². The number of carbonyl (C=O) groups excluding carboxylic acids is 1. The molecule has 2 aromatic heterocycles. The number of anilines is 1. The van der Waals surface area contributed by atoms with Gasteiger partial charge in [-0.1, -0.05) is 23.7 Å². The number of thiocarbonyl (C=S) groups is 1. The fourth-order valence-electron chi connectivity index (χ4n) is 2.93. The zero-order chi connectivity index (χ0) is 19.1. The Hall–Kier alpha value is -2.90. The molecule has 6 nitrogen and oxygen atoms in total. The molecule has 3 heterocycles. The standard InChI is InChI=1S/C19H15ClN4O2S/c1-11-16(10-23(2)22-11)24-18(25)15(21-19(24)27)9-14-6-7-17(26-14)12-4-3-5-13(20)8-12/h3-10H,1-2H3,(H,21,27)/b15-9+.